The van der Waals surface area contributed by atoms with E-state index < -0.39 is 0 Å². The topological polar surface area (TPSA) is 41.4 Å². The van der Waals surface area contributed by atoms with Gasteiger partial charge in [0.1, 0.15) is 0 Å². The van der Waals surface area contributed by atoms with Crippen molar-refractivity contribution in [3.05, 3.63) is 39.1 Å². The zero-order valence-corrected chi connectivity index (χ0v) is 15.8. The standard InChI is InChI=1S/C18H26N4OS/c1-5-22-13(2)10-17(14(22)3)18(23)21-8-6-20(7-9-21)11-16-12-24-15(4)19-16/h10,12H,5-9,11H2,1-4H3. The molecule has 2 aromatic heterocycles. The predicted molar refractivity (Wildman–Crippen MR) is 97.6 cm³/mol. The first-order chi connectivity index (χ1) is 11.5. The number of carbonyl (C=O) groups excluding carboxylic acids is 1. The molecule has 0 saturated carbocycles. The molecule has 0 radical (unpaired) electrons. The molecule has 6 heteroatoms. The number of hydrogen-bond donors (Lipinski definition) is 0. The molecule has 1 aliphatic rings. The average Bonchev–Trinajstić information content (AvgIpc) is 3.10. The molecule has 0 aromatic carbocycles. The van der Waals surface area contributed by atoms with Crippen LogP contribution in [0.15, 0.2) is 11.4 Å². The summed E-state index contributed by atoms with van der Waals surface area (Å²) in [5, 5.41) is 3.25. The minimum absolute atomic E-state index is 0.173. The number of amides is 1. The Morgan fingerprint density at radius 1 is 1.21 bits per heavy atom. The highest BCUT2D eigenvalue weighted by Gasteiger charge is 2.25. The fourth-order valence-corrected chi connectivity index (χ4v) is 4.10. The second kappa shape index (κ2) is 7.07. The molecule has 130 valence electrons. The van der Waals surface area contributed by atoms with Gasteiger partial charge in [-0.15, -0.1) is 11.3 Å². The number of piperazine rings is 1. The van der Waals surface area contributed by atoms with Gasteiger partial charge < -0.3 is 9.47 Å². The Morgan fingerprint density at radius 2 is 1.92 bits per heavy atom. The Morgan fingerprint density at radius 3 is 2.46 bits per heavy atom. The summed E-state index contributed by atoms with van der Waals surface area (Å²) in [5.74, 6) is 0.173. The molecule has 0 atom stereocenters. The summed E-state index contributed by atoms with van der Waals surface area (Å²) in [6, 6.07) is 2.03. The molecule has 3 rings (SSSR count). The number of carbonyl (C=O) groups is 1. The average molecular weight is 347 g/mol. The van der Waals surface area contributed by atoms with Gasteiger partial charge in [0.25, 0.3) is 5.91 Å². The van der Waals surface area contributed by atoms with Crippen molar-refractivity contribution in [2.45, 2.75) is 40.8 Å². The van der Waals surface area contributed by atoms with Crippen LogP contribution in [0, 0.1) is 20.8 Å². The molecule has 2 aromatic rings. The first-order valence-electron chi connectivity index (χ1n) is 8.59. The highest BCUT2D eigenvalue weighted by molar-refractivity contribution is 7.09. The second-order valence-corrected chi connectivity index (χ2v) is 7.52. The summed E-state index contributed by atoms with van der Waals surface area (Å²) in [6.45, 7) is 13.5. The first-order valence-corrected chi connectivity index (χ1v) is 9.47. The zero-order valence-electron chi connectivity index (χ0n) is 15.0. The van der Waals surface area contributed by atoms with Gasteiger partial charge in [0.05, 0.1) is 16.3 Å². The van der Waals surface area contributed by atoms with E-state index in [-0.39, 0.29) is 5.91 Å². The van der Waals surface area contributed by atoms with Crippen molar-refractivity contribution in [1.29, 1.82) is 0 Å². The molecular weight excluding hydrogens is 320 g/mol. The second-order valence-electron chi connectivity index (χ2n) is 6.46. The monoisotopic (exact) mass is 346 g/mol. The van der Waals surface area contributed by atoms with Crippen molar-refractivity contribution < 1.29 is 4.79 Å². The van der Waals surface area contributed by atoms with Crippen molar-refractivity contribution in [3.8, 4) is 0 Å². The number of aromatic nitrogens is 2. The Labute approximate surface area is 147 Å². The van der Waals surface area contributed by atoms with Crippen LogP contribution < -0.4 is 0 Å². The van der Waals surface area contributed by atoms with Gasteiger partial charge in [-0.3, -0.25) is 9.69 Å². The molecule has 0 bridgehead atoms. The lowest BCUT2D eigenvalue weighted by molar-refractivity contribution is 0.0626. The van der Waals surface area contributed by atoms with E-state index in [1.807, 2.05) is 24.8 Å². The molecule has 3 heterocycles. The van der Waals surface area contributed by atoms with Crippen LogP contribution in [0.5, 0.6) is 0 Å². The molecule has 1 aliphatic heterocycles. The third kappa shape index (κ3) is 3.39. The van der Waals surface area contributed by atoms with Crippen LogP contribution in [0.25, 0.3) is 0 Å². The summed E-state index contributed by atoms with van der Waals surface area (Å²) in [7, 11) is 0. The number of nitrogens with zero attached hydrogens (tertiary/aromatic N) is 4. The molecule has 1 saturated heterocycles. The number of aryl methyl sites for hydroxylation is 2. The fourth-order valence-electron chi connectivity index (χ4n) is 3.49. The summed E-state index contributed by atoms with van der Waals surface area (Å²) in [6.07, 6.45) is 0. The van der Waals surface area contributed by atoms with Gasteiger partial charge in [-0.2, -0.15) is 0 Å². The van der Waals surface area contributed by atoms with Crippen LogP contribution >= 0.6 is 11.3 Å². The highest BCUT2D eigenvalue weighted by atomic mass is 32.1. The number of rotatable bonds is 4. The third-order valence-electron chi connectivity index (χ3n) is 4.83. The highest BCUT2D eigenvalue weighted by Crippen LogP contribution is 2.19. The Kier molecular flexibility index (Phi) is 5.06. The van der Waals surface area contributed by atoms with Gasteiger partial charge in [0.15, 0.2) is 0 Å². The molecule has 0 spiro atoms. The van der Waals surface area contributed by atoms with E-state index in [0.29, 0.717) is 0 Å². The Hall–Kier alpha value is -1.66. The van der Waals surface area contributed by atoms with E-state index in [1.54, 1.807) is 11.3 Å². The lowest BCUT2D eigenvalue weighted by Crippen LogP contribution is -2.48. The lowest BCUT2D eigenvalue weighted by Gasteiger charge is -2.34. The van der Waals surface area contributed by atoms with Crippen LogP contribution in [0.4, 0.5) is 0 Å². The van der Waals surface area contributed by atoms with E-state index in [1.165, 1.54) is 0 Å². The molecule has 0 aliphatic carbocycles. The van der Waals surface area contributed by atoms with Crippen LogP contribution in [-0.4, -0.2) is 51.4 Å². The van der Waals surface area contributed by atoms with Gasteiger partial charge in [-0.1, -0.05) is 0 Å². The molecule has 1 fully saturated rings. The van der Waals surface area contributed by atoms with Crippen molar-refractivity contribution in [2.24, 2.45) is 0 Å². The molecule has 0 unspecified atom stereocenters. The maximum absolute atomic E-state index is 12.9. The quantitative estimate of drug-likeness (QED) is 0.855. The summed E-state index contributed by atoms with van der Waals surface area (Å²) < 4.78 is 2.20. The van der Waals surface area contributed by atoms with E-state index in [4.69, 9.17) is 0 Å². The van der Waals surface area contributed by atoms with E-state index in [2.05, 4.69) is 33.7 Å². The summed E-state index contributed by atoms with van der Waals surface area (Å²) in [4.78, 5) is 21.8. The number of thiazole rings is 1. The largest absolute Gasteiger partial charge is 0.349 e. The van der Waals surface area contributed by atoms with Gasteiger partial charge >= 0.3 is 0 Å². The van der Waals surface area contributed by atoms with Crippen LogP contribution in [0.2, 0.25) is 0 Å². The van der Waals surface area contributed by atoms with E-state index >= 15 is 0 Å². The van der Waals surface area contributed by atoms with E-state index in [0.717, 1.165) is 66.9 Å². The normalized spacial score (nSPS) is 15.9. The van der Waals surface area contributed by atoms with E-state index in [9.17, 15) is 4.79 Å². The zero-order chi connectivity index (χ0) is 17.3. The fraction of sp³-hybridized carbons (Fsp3) is 0.556. The Bertz CT molecular complexity index is 725. The molecule has 1 amide bonds. The summed E-state index contributed by atoms with van der Waals surface area (Å²) >= 11 is 1.70. The maximum Gasteiger partial charge on any atom is 0.255 e. The number of hydrogen-bond acceptors (Lipinski definition) is 4. The Balaban J connectivity index is 1.61. The smallest absolute Gasteiger partial charge is 0.255 e. The lowest BCUT2D eigenvalue weighted by atomic mass is 10.2. The molecule has 5 nitrogen and oxygen atoms in total. The van der Waals surface area contributed by atoms with Gasteiger partial charge in [0.2, 0.25) is 0 Å². The predicted octanol–water partition coefficient (Wildman–Crippen LogP) is 2.85. The van der Waals surface area contributed by atoms with Crippen molar-refractivity contribution in [3.63, 3.8) is 0 Å². The SMILES string of the molecule is CCn1c(C)cc(C(=O)N2CCN(Cc3csc(C)n3)CC2)c1C. The van der Waals surface area contributed by atoms with Crippen molar-refractivity contribution in [2.75, 3.05) is 26.2 Å². The van der Waals surface area contributed by atoms with Crippen LogP contribution in [-0.2, 0) is 13.1 Å². The van der Waals surface area contributed by atoms with Gasteiger partial charge in [-0.05, 0) is 33.8 Å². The molecular formula is C18H26N4OS. The first kappa shape index (κ1) is 17.2. The summed E-state index contributed by atoms with van der Waals surface area (Å²) in [5.41, 5.74) is 4.25. The molecule has 24 heavy (non-hydrogen) atoms. The maximum atomic E-state index is 12.9. The minimum Gasteiger partial charge on any atom is -0.349 e. The van der Waals surface area contributed by atoms with Crippen molar-refractivity contribution >= 4 is 17.2 Å². The minimum atomic E-state index is 0.173. The van der Waals surface area contributed by atoms with Crippen LogP contribution in [0.3, 0.4) is 0 Å². The van der Waals surface area contributed by atoms with Gasteiger partial charge in [-0.25, -0.2) is 4.98 Å². The third-order valence-corrected chi connectivity index (χ3v) is 5.65. The molecule has 0 N–H and O–H groups in total. The van der Waals surface area contributed by atoms with Gasteiger partial charge in [0, 0.05) is 56.0 Å². The van der Waals surface area contributed by atoms with Crippen LogP contribution in [0.1, 0.15) is 39.4 Å². The van der Waals surface area contributed by atoms with Crippen molar-refractivity contribution in [1.82, 2.24) is 19.4 Å².